The molecule has 0 unspecified atom stereocenters. The van der Waals surface area contributed by atoms with Crippen LogP contribution in [-0.2, 0) is 23.9 Å². The molecule has 0 spiro atoms. The zero-order valence-corrected chi connectivity index (χ0v) is 8.54. The third-order valence-corrected chi connectivity index (χ3v) is 2.62. The standard InChI is InChI=1S/C9H12O5/c1-5(10)8(3)9(4,7(12)14-8)13-6(2)11/h1-4H3/t8-,9-/m0/s1. The fourth-order valence-electron chi connectivity index (χ4n) is 1.36. The molecule has 0 amide bonds. The Morgan fingerprint density at radius 3 is 2.07 bits per heavy atom. The van der Waals surface area contributed by atoms with Crippen molar-refractivity contribution in [1.29, 1.82) is 0 Å². The van der Waals surface area contributed by atoms with Crippen LogP contribution in [0.2, 0.25) is 0 Å². The van der Waals surface area contributed by atoms with Gasteiger partial charge in [0, 0.05) is 6.92 Å². The quantitative estimate of drug-likeness (QED) is 0.596. The van der Waals surface area contributed by atoms with E-state index >= 15 is 0 Å². The molecule has 0 bridgehead atoms. The summed E-state index contributed by atoms with van der Waals surface area (Å²) in [5.41, 5.74) is -2.83. The van der Waals surface area contributed by atoms with Crippen LogP contribution in [-0.4, -0.2) is 28.9 Å². The van der Waals surface area contributed by atoms with Gasteiger partial charge in [-0.05, 0) is 20.8 Å². The number of esters is 2. The largest absolute Gasteiger partial charge is 0.443 e. The van der Waals surface area contributed by atoms with Crippen LogP contribution in [0.3, 0.4) is 0 Å². The van der Waals surface area contributed by atoms with E-state index in [-0.39, 0.29) is 5.78 Å². The van der Waals surface area contributed by atoms with Crippen LogP contribution in [0, 0.1) is 0 Å². The molecule has 1 aliphatic rings. The van der Waals surface area contributed by atoms with Gasteiger partial charge in [-0.3, -0.25) is 9.59 Å². The maximum absolute atomic E-state index is 11.2. The molecule has 1 heterocycles. The number of hydrogen-bond donors (Lipinski definition) is 0. The van der Waals surface area contributed by atoms with Crippen molar-refractivity contribution in [3.8, 4) is 0 Å². The van der Waals surface area contributed by atoms with Crippen LogP contribution in [0.5, 0.6) is 0 Å². The summed E-state index contributed by atoms with van der Waals surface area (Å²) in [6.07, 6.45) is 0. The summed E-state index contributed by atoms with van der Waals surface area (Å²) >= 11 is 0. The molecule has 1 rings (SSSR count). The van der Waals surface area contributed by atoms with E-state index in [1.807, 2.05) is 0 Å². The average Bonchev–Trinajstić information content (AvgIpc) is 2.02. The third kappa shape index (κ3) is 1.12. The van der Waals surface area contributed by atoms with Crippen molar-refractivity contribution in [2.45, 2.75) is 38.9 Å². The van der Waals surface area contributed by atoms with Crippen molar-refractivity contribution in [3.63, 3.8) is 0 Å². The van der Waals surface area contributed by atoms with Crippen LogP contribution in [0.25, 0.3) is 0 Å². The van der Waals surface area contributed by atoms with Crippen LogP contribution in [0.1, 0.15) is 27.7 Å². The van der Waals surface area contributed by atoms with E-state index in [2.05, 4.69) is 0 Å². The van der Waals surface area contributed by atoms with E-state index in [0.29, 0.717) is 0 Å². The van der Waals surface area contributed by atoms with E-state index in [1.54, 1.807) is 0 Å². The van der Waals surface area contributed by atoms with Crippen LogP contribution < -0.4 is 0 Å². The number of carbonyl (C=O) groups is 3. The van der Waals surface area contributed by atoms with E-state index in [0.717, 1.165) is 0 Å². The second kappa shape index (κ2) is 2.80. The molecule has 14 heavy (non-hydrogen) atoms. The van der Waals surface area contributed by atoms with Gasteiger partial charge in [0.1, 0.15) is 0 Å². The lowest BCUT2D eigenvalue weighted by Gasteiger charge is -2.49. The molecule has 0 aromatic heterocycles. The molecule has 2 atom stereocenters. The maximum atomic E-state index is 11.2. The van der Waals surface area contributed by atoms with Gasteiger partial charge in [-0.2, -0.15) is 0 Å². The Morgan fingerprint density at radius 2 is 1.79 bits per heavy atom. The van der Waals surface area contributed by atoms with Gasteiger partial charge in [0.05, 0.1) is 0 Å². The molecule has 0 aromatic rings. The molecular weight excluding hydrogens is 188 g/mol. The molecule has 0 saturated carbocycles. The summed E-state index contributed by atoms with van der Waals surface area (Å²) in [7, 11) is 0. The molecule has 1 aliphatic heterocycles. The summed E-state index contributed by atoms with van der Waals surface area (Å²) in [5.74, 6) is -1.65. The first kappa shape index (κ1) is 10.7. The van der Waals surface area contributed by atoms with Gasteiger partial charge in [-0.1, -0.05) is 0 Å². The highest BCUT2D eigenvalue weighted by Crippen LogP contribution is 2.41. The van der Waals surface area contributed by atoms with Gasteiger partial charge in [0.15, 0.2) is 5.78 Å². The zero-order chi connectivity index (χ0) is 11.1. The number of cyclic esters (lactones) is 1. The smallest absolute Gasteiger partial charge is 0.356 e. The highest BCUT2D eigenvalue weighted by Gasteiger charge is 2.69. The molecule has 78 valence electrons. The van der Waals surface area contributed by atoms with Crippen molar-refractivity contribution < 1.29 is 23.9 Å². The molecule has 1 fully saturated rings. The summed E-state index contributed by atoms with van der Waals surface area (Å²) in [6.45, 7) is 5.27. The normalized spacial score (nSPS) is 35.6. The Balaban J connectivity index is 3.00. The SMILES string of the molecule is CC(=O)O[C@@]1(C)C(=O)O[C@@]1(C)C(C)=O. The van der Waals surface area contributed by atoms with Crippen molar-refractivity contribution >= 4 is 17.7 Å². The summed E-state index contributed by atoms with van der Waals surface area (Å²) in [5, 5.41) is 0. The van der Waals surface area contributed by atoms with Gasteiger partial charge in [0.25, 0.3) is 5.60 Å². The number of hydrogen-bond acceptors (Lipinski definition) is 5. The highest BCUT2D eigenvalue weighted by atomic mass is 16.7. The fraction of sp³-hybridized carbons (Fsp3) is 0.667. The first-order valence-corrected chi connectivity index (χ1v) is 4.18. The summed E-state index contributed by atoms with van der Waals surface area (Å²) in [6, 6.07) is 0. The second-order valence-corrected chi connectivity index (χ2v) is 3.61. The van der Waals surface area contributed by atoms with Crippen LogP contribution >= 0.6 is 0 Å². The maximum Gasteiger partial charge on any atom is 0.356 e. The molecule has 0 N–H and O–H groups in total. The van der Waals surface area contributed by atoms with Crippen molar-refractivity contribution in [3.05, 3.63) is 0 Å². The van der Waals surface area contributed by atoms with E-state index in [9.17, 15) is 14.4 Å². The minimum Gasteiger partial charge on any atom is -0.443 e. The van der Waals surface area contributed by atoms with Crippen molar-refractivity contribution in [1.82, 2.24) is 0 Å². The van der Waals surface area contributed by atoms with Crippen LogP contribution in [0.4, 0.5) is 0 Å². The number of ketones is 1. The molecule has 0 aromatic carbocycles. The molecular formula is C9H12O5. The van der Waals surface area contributed by atoms with Crippen molar-refractivity contribution in [2.75, 3.05) is 0 Å². The van der Waals surface area contributed by atoms with Crippen molar-refractivity contribution in [2.24, 2.45) is 0 Å². The lowest BCUT2D eigenvalue weighted by atomic mass is 9.77. The Morgan fingerprint density at radius 1 is 1.29 bits per heavy atom. The van der Waals surface area contributed by atoms with Gasteiger partial charge in [-0.25, -0.2) is 4.79 Å². The Bertz CT molecular complexity index is 321. The molecule has 1 saturated heterocycles. The molecule has 5 nitrogen and oxygen atoms in total. The molecule has 0 aliphatic carbocycles. The predicted octanol–water partition coefficient (Wildman–Crippen LogP) is 0.213. The number of Topliss-reactive ketones (excluding diaryl/α,β-unsaturated/α-hetero) is 1. The lowest BCUT2D eigenvalue weighted by Crippen LogP contribution is -2.73. The fourth-order valence-corrected chi connectivity index (χ4v) is 1.36. The van der Waals surface area contributed by atoms with E-state index < -0.39 is 23.1 Å². The third-order valence-electron chi connectivity index (χ3n) is 2.62. The Kier molecular flexibility index (Phi) is 2.14. The topological polar surface area (TPSA) is 69.7 Å². The van der Waals surface area contributed by atoms with Gasteiger partial charge in [-0.15, -0.1) is 0 Å². The Hall–Kier alpha value is -1.39. The predicted molar refractivity (Wildman–Crippen MR) is 45.3 cm³/mol. The number of rotatable bonds is 2. The highest BCUT2D eigenvalue weighted by molar-refractivity contribution is 6.03. The van der Waals surface area contributed by atoms with Gasteiger partial charge in [0.2, 0.25) is 5.60 Å². The molecule has 0 radical (unpaired) electrons. The monoisotopic (exact) mass is 200 g/mol. The van der Waals surface area contributed by atoms with Gasteiger partial charge < -0.3 is 9.47 Å². The summed E-state index contributed by atoms with van der Waals surface area (Å²) in [4.78, 5) is 33.1. The Labute approximate surface area is 81.4 Å². The number of ether oxygens (including phenoxy) is 2. The van der Waals surface area contributed by atoms with Gasteiger partial charge >= 0.3 is 11.9 Å². The van der Waals surface area contributed by atoms with Crippen LogP contribution in [0.15, 0.2) is 0 Å². The first-order valence-electron chi connectivity index (χ1n) is 4.18. The molecule has 5 heteroatoms. The minimum absolute atomic E-state index is 0.346. The van der Waals surface area contributed by atoms with E-state index in [4.69, 9.17) is 9.47 Å². The van der Waals surface area contributed by atoms with E-state index in [1.165, 1.54) is 27.7 Å². The second-order valence-electron chi connectivity index (χ2n) is 3.61. The number of carbonyl (C=O) groups excluding carboxylic acids is 3. The zero-order valence-electron chi connectivity index (χ0n) is 8.54. The average molecular weight is 200 g/mol. The summed E-state index contributed by atoms with van der Waals surface area (Å²) < 4.78 is 9.57. The first-order chi connectivity index (χ1) is 6.24. The minimum atomic E-state index is -1.48. The lowest BCUT2D eigenvalue weighted by molar-refractivity contribution is -0.258.